The third-order valence-electron chi connectivity index (χ3n) is 3.37. The average Bonchev–Trinajstić information content (AvgIpc) is 3.07. The van der Waals surface area contributed by atoms with E-state index in [1.165, 1.54) is 25.0 Å². The molecule has 0 radical (unpaired) electrons. The smallest absolute Gasteiger partial charge is 0.128 e. The van der Waals surface area contributed by atoms with Gasteiger partial charge in [0.1, 0.15) is 11.6 Å². The predicted octanol–water partition coefficient (Wildman–Crippen LogP) is 3.72. The van der Waals surface area contributed by atoms with E-state index in [0.717, 1.165) is 13.0 Å². The molecule has 1 aromatic carbocycles. The summed E-state index contributed by atoms with van der Waals surface area (Å²) in [5.74, 6) is 0.0680. The number of halogens is 2. The Morgan fingerprint density at radius 3 is 2.59 bits per heavy atom. The van der Waals surface area contributed by atoms with E-state index in [-0.39, 0.29) is 17.7 Å². The van der Waals surface area contributed by atoms with Crippen molar-refractivity contribution in [2.45, 2.75) is 39.2 Å². The molecule has 0 saturated heterocycles. The second-order valence-corrected chi connectivity index (χ2v) is 4.91. The van der Waals surface area contributed by atoms with Gasteiger partial charge in [-0.25, -0.2) is 8.78 Å². The largest absolute Gasteiger partial charge is 0.310 e. The molecule has 1 atom stereocenters. The third-order valence-corrected chi connectivity index (χ3v) is 3.37. The van der Waals surface area contributed by atoms with Crippen LogP contribution in [0.15, 0.2) is 12.1 Å². The summed E-state index contributed by atoms with van der Waals surface area (Å²) in [4.78, 5) is 0. The molecule has 0 bridgehead atoms. The Kier molecular flexibility index (Phi) is 3.77. The second kappa shape index (κ2) is 5.13. The molecule has 0 aromatic heterocycles. The van der Waals surface area contributed by atoms with E-state index in [1.807, 2.05) is 6.92 Å². The van der Waals surface area contributed by atoms with Crippen molar-refractivity contribution in [3.63, 3.8) is 0 Å². The van der Waals surface area contributed by atoms with Crippen LogP contribution in [0.5, 0.6) is 0 Å². The molecule has 1 aliphatic carbocycles. The fourth-order valence-electron chi connectivity index (χ4n) is 2.18. The van der Waals surface area contributed by atoms with Gasteiger partial charge in [0.05, 0.1) is 0 Å². The molecule has 94 valence electrons. The van der Waals surface area contributed by atoms with E-state index in [9.17, 15) is 8.78 Å². The van der Waals surface area contributed by atoms with Gasteiger partial charge in [0.2, 0.25) is 0 Å². The van der Waals surface area contributed by atoms with E-state index >= 15 is 0 Å². The molecule has 2 rings (SSSR count). The first kappa shape index (κ1) is 12.5. The summed E-state index contributed by atoms with van der Waals surface area (Å²) in [7, 11) is 0. The van der Waals surface area contributed by atoms with Gasteiger partial charge in [-0.15, -0.1) is 0 Å². The summed E-state index contributed by atoms with van der Waals surface area (Å²) in [6.07, 6.45) is 3.35. The lowest BCUT2D eigenvalue weighted by atomic mass is 9.99. The minimum atomic E-state index is -0.319. The first-order chi connectivity index (χ1) is 8.11. The summed E-state index contributed by atoms with van der Waals surface area (Å²) in [6, 6.07) is 2.59. The van der Waals surface area contributed by atoms with Crippen LogP contribution >= 0.6 is 0 Å². The summed E-state index contributed by atoms with van der Waals surface area (Å²) >= 11 is 0. The van der Waals surface area contributed by atoms with Crippen molar-refractivity contribution in [3.05, 3.63) is 34.9 Å². The maximum Gasteiger partial charge on any atom is 0.128 e. The highest BCUT2D eigenvalue weighted by atomic mass is 19.1. The van der Waals surface area contributed by atoms with Crippen LogP contribution in [0.2, 0.25) is 0 Å². The number of hydrogen-bond acceptors (Lipinski definition) is 1. The van der Waals surface area contributed by atoms with Crippen LogP contribution in [0.4, 0.5) is 8.78 Å². The minimum Gasteiger partial charge on any atom is -0.310 e. The van der Waals surface area contributed by atoms with Crippen molar-refractivity contribution in [2.75, 3.05) is 6.54 Å². The highest BCUT2D eigenvalue weighted by Crippen LogP contribution is 2.38. The molecular formula is C14H19F2N. The summed E-state index contributed by atoms with van der Waals surface area (Å²) in [5, 5.41) is 3.25. The number of aryl methyl sites for hydroxylation is 1. The molecule has 1 saturated carbocycles. The first-order valence-corrected chi connectivity index (χ1v) is 6.30. The van der Waals surface area contributed by atoms with Crippen molar-refractivity contribution in [2.24, 2.45) is 5.92 Å². The van der Waals surface area contributed by atoms with Crippen molar-refractivity contribution >= 4 is 0 Å². The van der Waals surface area contributed by atoms with Gasteiger partial charge in [-0.3, -0.25) is 0 Å². The lowest BCUT2D eigenvalue weighted by Crippen LogP contribution is -2.22. The summed E-state index contributed by atoms with van der Waals surface area (Å²) in [5.41, 5.74) is 0.842. The molecule has 3 heteroatoms. The highest BCUT2D eigenvalue weighted by molar-refractivity contribution is 5.28. The molecular weight excluding hydrogens is 220 g/mol. The van der Waals surface area contributed by atoms with Crippen molar-refractivity contribution in [1.82, 2.24) is 5.32 Å². The predicted molar refractivity (Wildman–Crippen MR) is 64.9 cm³/mol. The summed E-state index contributed by atoms with van der Waals surface area (Å²) < 4.78 is 27.4. The van der Waals surface area contributed by atoms with E-state index in [4.69, 9.17) is 0 Å². The van der Waals surface area contributed by atoms with Crippen LogP contribution in [-0.4, -0.2) is 6.54 Å². The molecule has 1 nitrogen and oxygen atoms in total. The number of nitrogens with one attached hydrogen (secondary N) is 1. The van der Waals surface area contributed by atoms with Gasteiger partial charge in [-0.2, -0.15) is 0 Å². The van der Waals surface area contributed by atoms with Gasteiger partial charge < -0.3 is 5.32 Å². The standard InChI is InChI=1S/C14H19F2N/c1-3-17-14(7-10-4-5-10)11-8-12(15)9(2)6-13(11)16/h6,8,10,14,17H,3-5,7H2,1-2H3. The van der Waals surface area contributed by atoms with Crippen LogP contribution < -0.4 is 5.32 Å². The zero-order chi connectivity index (χ0) is 12.4. The van der Waals surface area contributed by atoms with Crippen LogP contribution in [0.25, 0.3) is 0 Å². The fraction of sp³-hybridized carbons (Fsp3) is 0.571. The van der Waals surface area contributed by atoms with Crippen molar-refractivity contribution < 1.29 is 8.78 Å². The molecule has 1 N–H and O–H groups in total. The van der Waals surface area contributed by atoms with Gasteiger partial charge in [-0.05, 0) is 43.5 Å². The van der Waals surface area contributed by atoms with Crippen LogP contribution in [-0.2, 0) is 0 Å². The van der Waals surface area contributed by atoms with Crippen LogP contribution in [0.1, 0.15) is 43.4 Å². The molecule has 1 aliphatic rings. The first-order valence-electron chi connectivity index (χ1n) is 6.30. The van der Waals surface area contributed by atoms with Gasteiger partial charge in [0.15, 0.2) is 0 Å². The second-order valence-electron chi connectivity index (χ2n) is 4.91. The zero-order valence-corrected chi connectivity index (χ0v) is 10.4. The maximum atomic E-state index is 13.9. The number of hydrogen-bond donors (Lipinski definition) is 1. The normalized spacial score (nSPS) is 17.2. The average molecular weight is 239 g/mol. The molecule has 0 amide bonds. The molecule has 0 spiro atoms. The fourth-order valence-corrected chi connectivity index (χ4v) is 2.18. The highest BCUT2D eigenvalue weighted by Gasteiger charge is 2.27. The van der Waals surface area contributed by atoms with Gasteiger partial charge in [0, 0.05) is 11.6 Å². The Bertz CT molecular complexity index is 399. The van der Waals surface area contributed by atoms with Gasteiger partial charge in [0.25, 0.3) is 0 Å². The quantitative estimate of drug-likeness (QED) is 0.825. The molecule has 1 aromatic rings. The monoisotopic (exact) mass is 239 g/mol. The minimum absolute atomic E-state index is 0.0531. The Morgan fingerprint density at radius 2 is 2.00 bits per heavy atom. The Morgan fingerprint density at radius 1 is 1.29 bits per heavy atom. The number of rotatable bonds is 5. The lowest BCUT2D eigenvalue weighted by Gasteiger charge is -2.19. The third kappa shape index (κ3) is 3.03. The Balaban J connectivity index is 2.23. The van der Waals surface area contributed by atoms with E-state index < -0.39 is 0 Å². The van der Waals surface area contributed by atoms with E-state index in [0.29, 0.717) is 17.0 Å². The number of benzene rings is 1. The summed E-state index contributed by atoms with van der Waals surface area (Å²) in [6.45, 7) is 4.35. The SMILES string of the molecule is CCNC(CC1CC1)c1cc(F)c(C)cc1F. The topological polar surface area (TPSA) is 12.0 Å². The molecule has 17 heavy (non-hydrogen) atoms. The maximum absolute atomic E-state index is 13.9. The lowest BCUT2D eigenvalue weighted by molar-refractivity contribution is 0.458. The molecule has 0 aliphatic heterocycles. The zero-order valence-electron chi connectivity index (χ0n) is 10.4. The van der Waals surface area contributed by atoms with Gasteiger partial charge in [-0.1, -0.05) is 19.8 Å². The Hall–Kier alpha value is -0.960. The van der Waals surface area contributed by atoms with E-state index in [2.05, 4.69) is 5.32 Å². The van der Waals surface area contributed by atoms with Crippen LogP contribution in [0.3, 0.4) is 0 Å². The molecule has 0 heterocycles. The Labute approximate surface area is 101 Å². The van der Waals surface area contributed by atoms with Crippen molar-refractivity contribution in [1.29, 1.82) is 0 Å². The van der Waals surface area contributed by atoms with Gasteiger partial charge >= 0.3 is 0 Å². The van der Waals surface area contributed by atoms with Crippen LogP contribution in [0, 0.1) is 24.5 Å². The van der Waals surface area contributed by atoms with Crippen molar-refractivity contribution in [3.8, 4) is 0 Å². The molecule has 1 unspecified atom stereocenters. The molecule has 1 fully saturated rings. The van der Waals surface area contributed by atoms with E-state index in [1.54, 1.807) is 6.92 Å².